The van der Waals surface area contributed by atoms with Crippen LogP contribution in [-0.2, 0) is 4.79 Å². The Hall–Kier alpha value is -3.94. The van der Waals surface area contributed by atoms with Crippen LogP contribution in [0, 0.1) is 19.7 Å². The number of amides is 1. The predicted molar refractivity (Wildman–Crippen MR) is 118 cm³/mol. The van der Waals surface area contributed by atoms with Gasteiger partial charge in [0.2, 0.25) is 5.91 Å². The van der Waals surface area contributed by atoms with Crippen LogP contribution in [-0.4, -0.2) is 23.2 Å². The van der Waals surface area contributed by atoms with E-state index < -0.39 is 5.92 Å². The Balaban J connectivity index is 1.58. The van der Waals surface area contributed by atoms with Gasteiger partial charge in [0.25, 0.3) is 0 Å². The molecule has 0 spiro atoms. The number of nitrogens with zero attached hydrogens (tertiary/aromatic N) is 2. The SMILES string of the molecule is COc1cc(Oc2ccnc3ccc(F)cc23)ccc1C(C)C(=O)Nc1noc(C)c1C. The lowest BCUT2D eigenvalue weighted by molar-refractivity contribution is -0.117. The molecule has 0 aliphatic heterocycles. The van der Waals surface area contributed by atoms with E-state index in [0.717, 1.165) is 5.56 Å². The summed E-state index contributed by atoms with van der Waals surface area (Å²) in [4.78, 5) is 17.0. The van der Waals surface area contributed by atoms with Crippen LogP contribution >= 0.6 is 0 Å². The molecule has 0 aliphatic rings. The zero-order valence-electron chi connectivity index (χ0n) is 18.1. The number of aromatic nitrogens is 2. The maximum atomic E-state index is 13.7. The molecule has 1 amide bonds. The predicted octanol–water partition coefficient (Wildman–Crippen LogP) is 5.52. The number of ether oxygens (including phenoxy) is 2. The highest BCUT2D eigenvalue weighted by atomic mass is 19.1. The van der Waals surface area contributed by atoms with Crippen LogP contribution in [0.15, 0.2) is 53.2 Å². The zero-order valence-corrected chi connectivity index (χ0v) is 18.1. The minimum absolute atomic E-state index is 0.246. The minimum atomic E-state index is -0.522. The first-order valence-corrected chi connectivity index (χ1v) is 10.0. The van der Waals surface area contributed by atoms with Crippen molar-refractivity contribution >= 4 is 22.6 Å². The molecule has 0 radical (unpaired) electrons. The largest absolute Gasteiger partial charge is 0.496 e. The number of halogens is 1. The van der Waals surface area contributed by atoms with Crippen molar-refractivity contribution in [3.8, 4) is 17.2 Å². The molecule has 4 rings (SSSR count). The summed E-state index contributed by atoms with van der Waals surface area (Å²) in [5.41, 5.74) is 2.08. The highest BCUT2D eigenvalue weighted by Crippen LogP contribution is 2.35. The number of hydrogen-bond acceptors (Lipinski definition) is 6. The highest BCUT2D eigenvalue weighted by Gasteiger charge is 2.22. The average molecular weight is 435 g/mol. The first-order chi connectivity index (χ1) is 15.4. The summed E-state index contributed by atoms with van der Waals surface area (Å²) in [5.74, 6) is 1.34. The summed E-state index contributed by atoms with van der Waals surface area (Å²) in [5, 5.41) is 7.22. The summed E-state index contributed by atoms with van der Waals surface area (Å²) in [6.45, 7) is 5.38. The summed E-state index contributed by atoms with van der Waals surface area (Å²) in [6, 6.07) is 11.2. The molecule has 2 aromatic carbocycles. The molecule has 4 aromatic rings. The third kappa shape index (κ3) is 4.12. The maximum Gasteiger partial charge on any atom is 0.233 e. The normalized spacial score (nSPS) is 11.9. The van der Waals surface area contributed by atoms with Crippen molar-refractivity contribution in [1.82, 2.24) is 10.1 Å². The lowest BCUT2D eigenvalue weighted by atomic mass is 9.99. The number of aryl methyl sites for hydroxylation is 1. The van der Waals surface area contributed by atoms with Crippen LogP contribution in [0.5, 0.6) is 17.2 Å². The van der Waals surface area contributed by atoms with Gasteiger partial charge in [0.15, 0.2) is 5.82 Å². The molecule has 0 saturated heterocycles. The number of nitrogens with one attached hydrogen (secondary N) is 1. The van der Waals surface area contributed by atoms with E-state index in [1.807, 2.05) is 6.92 Å². The van der Waals surface area contributed by atoms with Gasteiger partial charge >= 0.3 is 0 Å². The van der Waals surface area contributed by atoms with E-state index in [0.29, 0.717) is 45.3 Å². The van der Waals surface area contributed by atoms with Crippen molar-refractivity contribution in [2.45, 2.75) is 26.7 Å². The molecule has 7 nitrogen and oxygen atoms in total. The van der Waals surface area contributed by atoms with E-state index in [1.165, 1.54) is 19.2 Å². The molecule has 0 aliphatic carbocycles. The molecule has 2 heterocycles. The summed E-state index contributed by atoms with van der Waals surface area (Å²) < 4.78 is 30.3. The summed E-state index contributed by atoms with van der Waals surface area (Å²) in [7, 11) is 1.52. The van der Waals surface area contributed by atoms with Crippen molar-refractivity contribution in [3.63, 3.8) is 0 Å². The van der Waals surface area contributed by atoms with Crippen LogP contribution in [0.3, 0.4) is 0 Å². The summed E-state index contributed by atoms with van der Waals surface area (Å²) in [6.07, 6.45) is 1.60. The Morgan fingerprint density at radius 1 is 1.12 bits per heavy atom. The van der Waals surface area contributed by atoms with Gasteiger partial charge in [-0.2, -0.15) is 0 Å². The van der Waals surface area contributed by atoms with Gasteiger partial charge in [-0.15, -0.1) is 0 Å². The molecule has 32 heavy (non-hydrogen) atoms. The van der Waals surface area contributed by atoms with E-state index in [4.69, 9.17) is 14.0 Å². The molecular formula is C24H22FN3O4. The van der Waals surface area contributed by atoms with Gasteiger partial charge in [-0.05, 0) is 51.1 Å². The van der Waals surface area contributed by atoms with Crippen molar-refractivity contribution < 1.29 is 23.2 Å². The van der Waals surface area contributed by atoms with Gasteiger partial charge < -0.3 is 19.3 Å². The standard InChI is InChI=1S/C24H22FN3O4/c1-13-15(3)32-28-23(13)27-24(29)14(2)18-7-6-17(12-22(18)30-4)31-21-9-10-26-20-8-5-16(25)11-19(20)21/h5-12,14H,1-4H3,(H,27,28,29). The third-order valence-electron chi connectivity index (χ3n) is 5.35. The van der Waals surface area contributed by atoms with Crippen LogP contribution in [0.4, 0.5) is 10.2 Å². The second kappa shape index (κ2) is 8.66. The van der Waals surface area contributed by atoms with Crippen LogP contribution in [0.25, 0.3) is 10.9 Å². The molecule has 2 aromatic heterocycles. The second-order valence-electron chi connectivity index (χ2n) is 7.40. The molecule has 1 atom stereocenters. The van der Waals surface area contributed by atoms with Crippen molar-refractivity contribution in [2.75, 3.05) is 12.4 Å². The number of pyridine rings is 1. The molecule has 0 fully saturated rings. The Morgan fingerprint density at radius 3 is 2.66 bits per heavy atom. The van der Waals surface area contributed by atoms with Gasteiger partial charge in [0.1, 0.15) is 28.8 Å². The van der Waals surface area contributed by atoms with Gasteiger partial charge in [0.05, 0.1) is 18.5 Å². The Morgan fingerprint density at radius 2 is 1.94 bits per heavy atom. The number of hydrogen-bond donors (Lipinski definition) is 1. The first kappa shape index (κ1) is 21.3. The van der Waals surface area contributed by atoms with E-state index in [9.17, 15) is 9.18 Å². The van der Waals surface area contributed by atoms with Crippen LogP contribution in [0.2, 0.25) is 0 Å². The quantitative estimate of drug-likeness (QED) is 0.429. The Labute approximate surface area is 184 Å². The molecule has 1 N–H and O–H groups in total. The lowest BCUT2D eigenvalue weighted by Gasteiger charge is -2.17. The highest BCUT2D eigenvalue weighted by molar-refractivity contribution is 5.95. The number of carbonyl (C=O) groups excluding carboxylic acids is 1. The van der Waals surface area contributed by atoms with Crippen LogP contribution in [0.1, 0.15) is 29.7 Å². The lowest BCUT2D eigenvalue weighted by Crippen LogP contribution is -2.20. The molecule has 0 bridgehead atoms. The number of rotatable bonds is 6. The van der Waals surface area contributed by atoms with E-state index in [2.05, 4.69) is 15.5 Å². The summed E-state index contributed by atoms with van der Waals surface area (Å²) >= 11 is 0. The number of methoxy groups -OCH3 is 1. The third-order valence-corrected chi connectivity index (χ3v) is 5.35. The van der Waals surface area contributed by atoms with E-state index in [1.54, 1.807) is 50.4 Å². The number of fused-ring (bicyclic) bond motifs is 1. The second-order valence-corrected chi connectivity index (χ2v) is 7.40. The number of benzene rings is 2. The molecule has 164 valence electrons. The smallest absolute Gasteiger partial charge is 0.233 e. The topological polar surface area (TPSA) is 86.5 Å². The minimum Gasteiger partial charge on any atom is -0.496 e. The first-order valence-electron chi connectivity index (χ1n) is 10.0. The fourth-order valence-corrected chi connectivity index (χ4v) is 3.32. The van der Waals surface area contributed by atoms with Crippen LogP contribution < -0.4 is 14.8 Å². The number of anilines is 1. The maximum absolute atomic E-state index is 13.7. The van der Waals surface area contributed by atoms with Gasteiger partial charge in [-0.25, -0.2) is 4.39 Å². The van der Waals surface area contributed by atoms with E-state index in [-0.39, 0.29) is 11.7 Å². The molecule has 1 unspecified atom stereocenters. The average Bonchev–Trinajstić information content (AvgIpc) is 3.11. The van der Waals surface area contributed by atoms with Crippen molar-refractivity contribution in [3.05, 3.63) is 71.4 Å². The number of carbonyl (C=O) groups is 1. The zero-order chi connectivity index (χ0) is 22.8. The van der Waals surface area contributed by atoms with Gasteiger partial charge in [-0.1, -0.05) is 11.2 Å². The van der Waals surface area contributed by atoms with Gasteiger partial charge in [0, 0.05) is 28.8 Å². The monoisotopic (exact) mass is 435 g/mol. The van der Waals surface area contributed by atoms with Gasteiger partial charge in [-0.3, -0.25) is 9.78 Å². The van der Waals surface area contributed by atoms with E-state index >= 15 is 0 Å². The molecular weight excluding hydrogens is 413 g/mol. The molecule has 8 heteroatoms. The fourth-order valence-electron chi connectivity index (χ4n) is 3.32. The molecule has 0 saturated carbocycles. The fraction of sp³-hybridized carbons (Fsp3) is 0.208. The van der Waals surface area contributed by atoms with Crippen molar-refractivity contribution in [2.24, 2.45) is 0 Å². The van der Waals surface area contributed by atoms with Crippen molar-refractivity contribution in [1.29, 1.82) is 0 Å². The Kier molecular flexibility index (Phi) is 5.77. The Bertz CT molecular complexity index is 1300.